The van der Waals surface area contributed by atoms with E-state index in [1.54, 1.807) is 42.7 Å². The number of piperidine rings is 1. The maximum atomic E-state index is 13.7. The highest BCUT2D eigenvalue weighted by atomic mass is 32.2. The topological polar surface area (TPSA) is 99.3 Å². The summed E-state index contributed by atoms with van der Waals surface area (Å²) in [7, 11) is -3.85. The van der Waals surface area contributed by atoms with Gasteiger partial charge in [0.2, 0.25) is 0 Å². The third-order valence-electron chi connectivity index (χ3n) is 10.2. The maximum absolute atomic E-state index is 13.7. The molecule has 1 saturated heterocycles. The third-order valence-corrected chi connectivity index (χ3v) is 11.9. The summed E-state index contributed by atoms with van der Waals surface area (Å²) < 4.78 is 36.9. The summed E-state index contributed by atoms with van der Waals surface area (Å²) in [5.74, 6) is 1.57. The van der Waals surface area contributed by atoms with Crippen LogP contribution in [-0.4, -0.2) is 57.6 Å². The molecule has 2 fully saturated rings. The fraction of sp³-hybridized carbons (Fsp3) is 0.289. The van der Waals surface area contributed by atoms with Crippen LogP contribution >= 0.6 is 0 Å². The van der Waals surface area contributed by atoms with Gasteiger partial charge in [-0.25, -0.2) is 27.2 Å². The number of hydrogen-bond donors (Lipinski definition) is 0. The number of benzene rings is 3. The van der Waals surface area contributed by atoms with Gasteiger partial charge in [0.05, 0.1) is 22.7 Å². The summed E-state index contributed by atoms with van der Waals surface area (Å²) >= 11 is 0. The predicted octanol–water partition coefficient (Wildman–Crippen LogP) is 7.16. The zero-order valence-electron chi connectivity index (χ0n) is 26.4. The van der Waals surface area contributed by atoms with Crippen molar-refractivity contribution in [2.75, 3.05) is 19.7 Å². The molecule has 0 bridgehead atoms. The lowest BCUT2D eigenvalue weighted by molar-refractivity contribution is 0.0835. The molecule has 6 aromatic rings. The van der Waals surface area contributed by atoms with E-state index in [9.17, 15) is 13.2 Å². The molecule has 1 unspecified atom stereocenters. The van der Waals surface area contributed by atoms with Crippen LogP contribution in [-0.2, 0) is 21.2 Å². The van der Waals surface area contributed by atoms with E-state index in [4.69, 9.17) is 9.72 Å². The van der Waals surface area contributed by atoms with Gasteiger partial charge in [-0.15, -0.1) is 0 Å². The molecule has 2 aliphatic carbocycles. The highest BCUT2D eigenvalue weighted by Crippen LogP contribution is 2.45. The Kier molecular flexibility index (Phi) is 6.89. The molecule has 242 valence electrons. The lowest BCUT2D eigenvalue weighted by Crippen LogP contribution is -2.41. The highest BCUT2D eigenvalue weighted by Gasteiger charge is 2.34. The SMILES string of the molecule is O=C(OCC1c2ccccc2-c2ccccc21)N1CCCC(n2c(CC3CC3)nc3cnc4c(ccn4S(=O)(=O)c4ccccc4)c32)C1. The molecule has 9 nitrogen and oxygen atoms in total. The number of carbonyl (C=O) groups excluding carboxylic acids is 1. The minimum atomic E-state index is -3.85. The maximum Gasteiger partial charge on any atom is 0.409 e. The number of imidazole rings is 1. The molecule has 3 aliphatic rings. The molecule has 1 amide bonds. The average Bonchev–Trinajstić information content (AvgIpc) is 3.56. The van der Waals surface area contributed by atoms with Crippen LogP contribution in [0.2, 0.25) is 0 Å². The van der Waals surface area contributed by atoms with Gasteiger partial charge in [-0.2, -0.15) is 0 Å². The van der Waals surface area contributed by atoms with Crippen LogP contribution in [0.25, 0.3) is 33.2 Å². The first-order valence-electron chi connectivity index (χ1n) is 16.7. The van der Waals surface area contributed by atoms with Crippen LogP contribution in [0.15, 0.2) is 102 Å². The first kappa shape index (κ1) is 29.2. The number of carbonyl (C=O) groups is 1. The van der Waals surface area contributed by atoms with Crippen molar-refractivity contribution in [1.82, 2.24) is 23.4 Å². The first-order valence-corrected chi connectivity index (χ1v) is 18.2. The molecule has 10 heteroatoms. The van der Waals surface area contributed by atoms with Crippen molar-refractivity contribution in [3.05, 3.63) is 114 Å². The minimum absolute atomic E-state index is 0.00154. The van der Waals surface area contributed by atoms with Crippen molar-refractivity contribution < 1.29 is 17.9 Å². The van der Waals surface area contributed by atoms with Crippen molar-refractivity contribution in [3.63, 3.8) is 0 Å². The minimum Gasteiger partial charge on any atom is -0.448 e. The van der Waals surface area contributed by atoms with Gasteiger partial charge >= 0.3 is 6.09 Å². The van der Waals surface area contributed by atoms with E-state index in [1.807, 2.05) is 23.1 Å². The molecule has 4 heterocycles. The Hall–Kier alpha value is -4.96. The zero-order valence-corrected chi connectivity index (χ0v) is 27.2. The van der Waals surface area contributed by atoms with Gasteiger partial charge in [0, 0.05) is 37.0 Å². The summed E-state index contributed by atoms with van der Waals surface area (Å²) in [5.41, 5.74) is 6.77. The summed E-state index contributed by atoms with van der Waals surface area (Å²) in [6, 6.07) is 26.9. The molecule has 0 N–H and O–H groups in total. The summed E-state index contributed by atoms with van der Waals surface area (Å²) in [4.78, 5) is 25.4. The number of ether oxygens (including phenoxy) is 1. The van der Waals surface area contributed by atoms with Crippen LogP contribution < -0.4 is 0 Å². The number of rotatable bonds is 7. The van der Waals surface area contributed by atoms with Crippen LogP contribution in [0.3, 0.4) is 0 Å². The normalized spacial score (nSPS) is 17.9. The summed E-state index contributed by atoms with van der Waals surface area (Å²) in [6.07, 6.45) is 7.88. The van der Waals surface area contributed by atoms with Gasteiger partial charge in [-0.05, 0) is 72.1 Å². The van der Waals surface area contributed by atoms with Crippen LogP contribution in [0.1, 0.15) is 54.6 Å². The lowest BCUT2D eigenvalue weighted by Gasteiger charge is -2.34. The Morgan fingerprint density at radius 1 is 0.875 bits per heavy atom. The molecule has 1 atom stereocenters. The monoisotopic (exact) mass is 657 g/mol. The highest BCUT2D eigenvalue weighted by molar-refractivity contribution is 7.90. The number of hydrogen-bond acceptors (Lipinski definition) is 6. The second kappa shape index (κ2) is 11.3. The van der Waals surface area contributed by atoms with E-state index in [1.165, 1.54) is 39.1 Å². The fourth-order valence-electron chi connectivity index (χ4n) is 7.73. The Morgan fingerprint density at radius 2 is 1.58 bits per heavy atom. The van der Waals surface area contributed by atoms with Crippen molar-refractivity contribution >= 4 is 38.2 Å². The predicted molar refractivity (Wildman–Crippen MR) is 183 cm³/mol. The Bertz CT molecular complexity index is 2260. The molecule has 0 radical (unpaired) electrons. The van der Waals surface area contributed by atoms with Crippen LogP contribution in [0.5, 0.6) is 0 Å². The molecule has 48 heavy (non-hydrogen) atoms. The third kappa shape index (κ3) is 4.80. The number of fused-ring (bicyclic) bond motifs is 6. The van der Waals surface area contributed by atoms with E-state index < -0.39 is 10.0 Å². The van der Waals surface area contributed by atoms with Crippen LogP contribution in [0, 0.1) is 5.92 Å². The number of aromatic nitrogens is 4. The summed E-state index contributed by atoms with van der Waals surface area (Å²) in [5, 5.41) is 0.736. The van der Waals surface area contributed by atoms with Crippen molar-refractivity contribution in [3.8, 4) is 11.1 Å². The Morgan fingerprint density at radius 3 is 2.31 bits per heavy atom. The average molecular weight is 658 g/mol. The first-order chi connectivity index (χ1) is 23.5. The Balaban J connectivity index is 1.03. The van der Waals surface area contributed by atoms with Gasteiger partial charge in [-0.3, -0.25) is 0 Å². The van der Waals surface area contributed by atoms with E-state index in [0.29, 0.717) is 24.7 Å². The number of pyridine rings is 1. The smallest absolute Gasteiger partial charge is 0.409 e. The molecule has 1 saturated carbocycles. The molecular weight excluding hydrogens is 623 g/mol. The van der Waals surface area contributed by atoms with Gasteiger partial charge < -0.3 is 14.2 Å². The van der Waals surface area contributed by atoms with Crippen LogP contribution in [0.4, 0.5) is 4.79 Å². The van der Waals surface area contributed by atoms with Gasteiger partial charge in [-0.1, -0.05) is 66.7 Å². The van der Waals surface area contributed by atoms with Crippen molar-refractivity contribution in [2.45, 2.75) is 49.0 Å². The number of likely N-dealkylation sites (tertiary alicyclic amines) is 1. The van der Waals surface area contributed by atoms with E-state index >= 15 is 0 Å². The van der Waals surface area contributed by atoms with Gasteiger partial charge in [0.25, 0.3) is 10.0 Å². The second-order valence-electron chi connectivity index (χ2n) is 13.3. The van der Waals surface area contributed by atoms with E-state index in [0.717, 1.165) is 41.5 Å². The van der Waals surface area contributed by atoms with E-state index in [-0.39, 0.29) is 29.6 Å². The zero-order chi connectivity index (χ0) is 32.4. The largest absolute Gasteiger partial charge is 0.448 e. The lowest BCUT2D eigenvalue weighted by atomic mass is 9.98. The standard InChI is InChI=1S/C38H35N5O4S/c44-38(47-24-33-30-14-6-4-12-28(30)29-13-5-7-15-31(29)33)41-19-8-9-26(23-41)43-35(21-25-16-17-25)40-34-22-39-37-32(36(34)43)18-20-42(37)48(45,46)27-10-2-1-3-11-27/h1-7,10-15,18,20,22,25-26,33H,8-9,16-17,19,21,23-24H2. The number of amides is 1. The molecule has 9 rings (SSSR count). The van der Waals surface area contributed by atoms with Gasteiger partial charge in [0.1, 0.15) is 17.9 Å². The summed E-state index contributed by atoms with van der Waals surface area (Å²) in [6.45, 7) is 1.40. The second-order valence-corrected chi connectivity index (χ2v) is 15.1. The van der Waals surface area contributed by atoms with Crippen molar-refractivity contribution in [1.29, 1.82) is 0 Å². The van der Waals surface area contributed by atoms with Crippen molar-refractivity contribution in [2.24, 2.45) is 5.92 Å². The molecule has 1 aliphatic heterocycles. The quantitative estimate of drug-likeness (QED) is 0.181. The fourth-order valence-corrected chi connectivity index (χ4v) is 9.05. The number of nitrogens with zero attached hydrogens (tertiary/aromatic N) is 5. The van der Waals surface area contributed by atoms with Gasteiger partial charge in [0.15, 0.2) is 5.65 Å². The molecular formula is C38H35N5O4S. The molecule has 3 aromatic carbocycles. The van der Waals surface area contributed by atoms with E-state index in [2.05, 4.69) is 45.9 Å². The molecule has 3 aromatic heterocycles. The molecule has 0 spiro atoms. The Labute approximate surface area is 278 Å².